The zero-order chi connectivity index (χ0) is 13.7. The molecule has 96 valence electrons. The molecule has 0 saturated carbocycles. The van der Waals surface area contributed by atoms with Gasteiger partial charge in [0.05, 0.1) is 0 Å². The van der Waals surface area contributed by atoms with E-state index in [0.29, 0.717) is 10.7 Å². The third kappa shape index (κ3) is 3.68. The van der Waals surface area contributed by atoms with Gasteiger partial charge in [0, 0.05) is 12.3 Å². The first-order valence-electron chi connectivity index (χ1n) is 5.10. The fourth-order valence-electron chi connectivity index (χ4n) is 1.19. The summed E-state index contributed by atoms with van der Waals surface area (Å²) in [5, 5.41) is 18.7. The van der Waals surface area contributed by atoms with Crippen LogP contribution < -0.4 is 5.32 Å². The molecule has 0 fully saturated rings. The lowest BCUT2D eigenvalue weighted by atomic mass is 10.2. The molecule has 0 radical (unpaired) electrons. The summed E-state index contributed by atoms with van der Waals surface area (Å²) >= 11 is 1.20. The Labute approximate surface area is 111 Å². The summed E-state index contributed by atoms with van der Waals surface area (Å²) in [4.78, 5) is 26.0. The summed E-state index contributed by atoms with van der Waals surface area (Å²) in [6.07, 6.45) is 3.80. The smallest absolute Gasteiger partial charge is 0.328 e. The van der Waals surface area contributed by atoms with Gasteiger partial charge in [-0.3, -0.25) is 15.1 Å². The molecule has 2 heterocycles. The minimum Gasteiger partial charge on any atom is -0.478 e. The molecule has 0 spiro atoms. The van der Waals surface area contributed by atoms with Crippen molar-refractivity contribution in [2.45, 2.75) is 0 Å². The van der Waals surface area contributed by atoms with Crippen LogP contribution in [0.3, 0.4) is 0 Å². The van der Waals surface area contributed by atoms with Gasteiger partial charge in [-0.05, 0) is 17.7 Å². The van der Waals surface area contributed by atoms with E-state index in [0.717, 1.165) is 6.08 Å². The fourth-order valence-corrected chi connectivity index (χ4v) is 1.63. The van der Waals surface area contributed by atoms with Gasteiger partial charge in [-0.2, -0.15) is 0 Å². The number of aliphatic carboxylic acids is 1. The van der Waals surface area contributed by atoms with Crippen LogP contribution in [0.25, 0.3) is 6.08 Å². The van der Waals surface area contributed by atoms with Crippen LogP contribution in [0.2, 0.25) is 0 Å². The highest BCUT2D eigenvalue weighted by Crippen LogP contribution is 2.10. The average Bonchev–Trinajstić information content (AvgIpc) is 2.89. The van der Waals surface area contributed by atoms with E-state index in [1.807, 2.05) is 0 Å². The Kier molecular flexibility index (Phi) is 3.94. The molecule has 0 aromatic carbocycles. The Morgan fingerprint density at radius 1 is 1.37 bits per heavy atom. The van der Waals surface area contributed by atoms with Gasteiger partial charge >= 0.3 is 5.97 Å². The van der Waals surface area contributed by atoms with Crippen LogP contribution in [0, 0.1) is 0 Å². The SMILES string of the molecule is O=C(O)/C=C/c1ccc(C(=O)Nc2nncs2)nc1. The molecule has 7 nitrogen and oxygen atoms in total. The molecule has 0 atom stereocenters. The summed E-state index contributed by atoms with van der Waals surface area (Å²) < 4.78 is 0. The molecule has 0 unspecified atom stereocenters. The van der Waals surface area contributed by atoms with E-state index in [1.165, 1.54) is 35.2 Å². The number of aromatic nitrogens is 3. The number of hydrogen-bond donors (Lipinski definition) is 2. The summed E-state index contributed by atoms with van der Waals surface area (Å²) in [6, 6.07) is 3.10. The van der Waals surface area contributed by atoms with E-state index in [4.69, 9.17) is 5.11 Å². The molecule has 8 heteroatoms. The number of nitrogens with one attached hydrogen (secondary N) is 1. The van der Waals surface area contributed by atoms with Gasteiger partial charge in [0.2, 0.25) is 5.13 Å². The number of anilines is 1. The van der Waals surface area contributed by atoms with Crippen molar-refractivity contribution in [2.24, 2.45) is 0 Å². The minimum atomic E-state index is -1.04. The predicted octanol–water partition coefficient (Wildman–Crippen LogP) is 1.28. The van der Waals surface area contributed by atoms with Crippen molar-refractivity contribution >= 4 is 34.4 Å². The zero-order valence-corrected chi connectivity index (χ0v) is 10.3. The van der Waals surface area contributed by atoms with Crippen molar-refractivity contribution in [3.05, 3.63) is 41.2 Å². The summed E-state index contributed by atoms with van der Waals surface area (Å²) in [5.41, 5.74) is 2.31. The van der Waals surface area contributed by atoms with Crippen LogP contribution in [-0.2, 0) is 4.79 Å². The van der Waals surface area contributed by atoms with Gasteiger partial charge in [0.15, 0.2) is 0 Å². The van der Waals surface area contributed by atoms with E-state index < -0.39 is 11.9 Å². The number of carboxylic acids is 1. The second-order valence-electron chi connectivity index (χ2n) is 3.35. The molecule has 0 bridgehead atoms. The van der Waals surface area contributed by atoms with Crippen molar-refractivity contribution in [2.75, 3.05) is 5.32 Å². The van der Waals surface area contributed by atoms with Crippen LogP contribution in [0.5, 0.6) is 0 Å². The number of carbonyl (C=O) groups excluding carboxylic acids is 1. The molecule has 2 rings (SSSR count). The van der Waals surface area contributed by atoms with Gasteiger partial charge in [0.1, 0.15) is 11.2 Å². The quantitative estimate of drug-likeness (QED) is 0.815. The molecular weight excluding hydrogens is 268 g/mol. The molecule has 0 aliphatic carbocycles. The summed E-state index contributed by atoms with van der Waals surface area (Å²) in [5.74, 6) is -1.44. The predicted molar refractivity (Wildman–Crippen MR) is 68.8 cm³/mol. The van der Waals surface area contributed by atoms with E-state index >= 15 is 0 Å². The highest BCUT2D eigenvalue weighted by atomic mass is 32.1. The first kappa shape index (κ1) is 12.8. The largest absolute Gasteiger partial charge is 0.478 e. The van der Waals surface area contributed by atoms with Gasteiger partial charge in [0.25, 0.3) is 5.91 Å². The Hall–Kier alpha value is -2.61. The van der Waals surface area contributed by atoms with Crippen LogP contribution in [-0.4, -0.2) is 32.2 Å². The van der Waals surface area contributed by atoms with Crippen molar-refractivity contribution in [1.82, 2.24) is 15.2 Å². The molecule has 1 amide bonds. The molecule has 2 aromatic rings. The lowest BCUT2D eigenvalue weighted by Gasteiger charge is -2.00. The summed E-state index contributed by atoms with van der Waals surface area (Å²) in [7, 11) is 0. The summed E-state index contributed by atoms with van der Waals surface area (Å²) in [6.45, 7) is 0. The number of nitrogens with zero attached hydrogens (tertiary/aromatic N) is 3. The number of pyridine rings is 1. The molecule has 19 heavy (non-hydrogen) atoms. The second-order valence-corrected chi connectivity index (χ2v) is 4.18. The number of hydrogen-bond acceptors (Lipinski definition) is 6. The lowest BCUT2D eigenvalue weighted by Crippen LogP contribution is -2.13. The van der Waals surface area contributed by atoms with Crippen LogP contribution in [0.15, 0.2) is 29.9 Å². The molecule has 0 saturated heterocycles. The maximum Gasteiger partial charge on any atom is 0.328 e. The highest BCUT2D eigenvalue weighted by molar-refractivity contribution is 7.13. The fraction of sp³-hybridized carbons (Fsp3) is 0. The topological polar surface area (TPSA) is 105 Å². The number of carbonyl (C=O) groups is 2. The van der Waals surface area contributed by atoms with Crippen LogP contribution in [0.1, 0.15) is 16.1 Å². The monoisotopic (exact) mass is 276 g/mol. The lowest BCUT2D eigenvalue weighted by molar-refractivity contribution is -0.131. The van der Waals surface area contributed by atoms with Gasteiger partial charge in [-0.1, -0.05) is 17.4 Å². The van der Waals surface area contributed by atoms with Crippen molar-refractivity contribution in [3.63, 3.8) is 0 Å². The number of amides is 1. The van der Waals surface area contributed by atoms with E-state index in [2.05, 4.69) is 20.5 Å². The Bertz CT molecular complexity index is 607. The molecular formula is C11H8N4O3S. The second kappa shape index (κ2) is 5.83. The minimum absolute atomic E-state index is 0.211. The third-order valence-corrected chi connectivity index (χ3v) is 2.62. The third-order valence-electron chi connectivity index (χ3n) is 2.02. The van der Waals surface area contributed by atoms with Gasteiger partial charge in [-0.25, -0.2) is 4.79 Å². The Morgan fingerprint density at radius 3 is 2.79 bits per heavy atom. The van der Waals surface area contributed by atoms with Crippen LogP contribution >= 0.6 is 11.3 Å². The van der Waals surface area contributed by atoms with Gasteiger partial charge in [-0.15, -0.1) is 10.2 Å². The number of rotatable bonds is 4. The van der Waals surface area contributed by atoms with Gasteiger partial charge < -0.3 is 5.11 Å². The van der Waals surface area contributed by atoms with Crippen molar-refractivity contribution in [3.8, 4) is 0 Å². The first-order valence-corrected chi connectivity index (χ1v) is 5.97. The Morgan fingerprint density at radius 2 is 2.21 bits per heavy atom. The van der Waals surface area contributed by atoms with Crippen molar-refractivity contribution in [1.29, 1.82) is 0 Å². The van der Waals surface area contributed by atoms with Crippen LogP contribution in [0.4, 0.5) is 5.13 Å². The van der Waals surface area contributed by atoms with E-state index in [1.54, 1.807) is 6.07 Å². The highest BCUT2D eigenvalue weighted by Gasteiger charge is 2.08. The molecule has 0 aliphatic rings. The van der Waals surface area contributed by atoms with Crippen molar-refractivity contribution < 1.29 is 14.7 Å². The Balaban J connectivity index is 2.05. The average molecular weight is 276 g/mol. The molecule has 0 aliphatic heterocycles. The molecule has 2 N–H and O–H groups in total. The maximum absolute atomic E-state index is 11.7. The standard InChI is InChI=1S/C11H8N4O3S/c16-9(17)4-2-7-1-3-8(12-5-7)10(18)14-11-15-13-6-19-11/h1-6H,(H,16,17)(H,14,15,18)/b4-2+. The maximum atomic E-state index is 11.7. The zero-order valence-electron chi connectivity index (χ0n) is 9.48. The number of carboxylic acid groups (broad SMARTS) is 1. The van der Waals surface area contributed by atoms with E-state index in [9.17, 15) is 9.59 Å². The normalized spacial score (nSPS) is 10.5. The molecule has 2 aromatic heterocycles. The van der Waals surface area contributed by atoms with E-state index in [-0.39, 0.29) is 5.69 Å². The first-order chi connectivity index (χ1) is 9.15.